The van der Waals surface area contributed by atoms with E-state index >= 15 is 0 Å². The molecular weight excluding hydrogens is 338 g/mol. The zero-order chi connectivity index (χ0) is 16.4. The lowest BCUT2D eigenvalue weighted by molar-refractivity contribution is -0.131. The maximum absolute atomic E-state index is 12.5. The van der Waals surface area contributed by atoms with Crippen molar-refractivity contribution < 1.29 is 18.3 Å². The summed E-state index contributed by atoms with van der Waals surface area (Å²) in [5.74, 6) is 0.179. The van der Waals surface area contributed by atoms with Gasteiger partial charge < -0.3 is 15.0 Å². The number of hydrogen-bond acceptors (Lipinski definition) is 3. The zero-order valence-corrected chi connectivity index (χ0v) is 14.4. The van der Waals surface area contributed by atoms with Crippen molar-refractivity contribution in [2.45, 2.75) is 56.8 Å². The Bertz CT molecular complexity index is 544. The van der Waals surface area contributed by atoms with E-state index in [-0.39, 0.29) is 30.5 Å². The Hall–Kier alpha value is -1.40. The minimum Gasteiger partial charge on any atom is -0.435 e. The summed E-state index contributed by atoms with van der Waals surface area (Å²) in [6.07, 6.45) is 4.72. The van der Waals surface area contributed by atoms with Crippen LogP contribution in [0.25, 0.3) is 0 Å². The van der Waals surface area contributed by atoms with E-state index in [1.807, 2.05) is 11.9 Å². The molecule has 2 atom stereocenters. The van der Waals surface area contributed by atoms with Gasteiger partial charge in [0.15, 0.2) is 0 Å². The smallest absolute Gasteiger partial charge is 0.387 e. The molecule has 0 spiro atoms. The number of carbonyl (C=O) groups is 1. The summed E-state index contributed by atoms with van der Waals surface area (Å²) in [4.78, 5) is 14.3. The van der Waals surface area contributed by atoms with E-state index in [9.17, 15) is 13.6 Å². The summed E-state index contributed by atoms with van der Waals surface area (Å²) in [7, 11) is 1.87. The molecule has 2 fully saturated rings. The SMILES string of the molecule is CN(C(=O)Cc1ccc(OC(F)F)cc1)C1CC2CCC(C1)N2.Cl. The number of carbonyl (C=O) groups excluding carboxylic acids is 1. The van der Waals surface area contributed by atoms with Crippen molar-refractivity contribution in [3.63, 3.8) is 0 Å². The van der Waals surface area contributed by atoms with Gasteiger partial charge in [-0.25, -0.2) is 0 Å². The number of fused-ring (bicyclic) bond motifs is 2. The molecule has 1 aromatic rings. The van der Waals surface area contributed by atoms with Crippen LogP contribution in [0, 0.1) is 0 Å². The van der Waals surface area contributed by atoms with Crippen LogP contribution < -0.4 is 10.1 Å². The van der Waals surface area contributed by atoms with E-state index in [4.69, 9.17) is 0 Å². The Morgan fingerprint density at radius 2 is 1.83 bits per heavy atom. The van der Waals surface area contributed by atoms with Crippen LogP contribution in [0.4, 0.5) is 8.78 Å². The Labute approximate surface area is 147 Å². The molecule has 1 N–H and O–H groups in total. The van der Waals surface area contributed by atoms with Crippen LogP contribution in [0.1, 0.15) is 31.2 Å². The van der Waals surface area contributed by atoms with E-state index < -0.39 is 6.61 Å². The predicted octanol–water partition coefficient (Wildman–Crippen LogP) is 2.99. The fraction of sp³-hybridized carbons (Fsp3) is 0.588. The third-order valence-electron chi connectivity index (χ3n) is 4.89. The monoisotopic (exact) mass is 360 g/mol. The van der Waals surface area contributed by atoms with Gasteiger partial charge in [0.2, 0.25) is 5.91 Å². The second kappa shape index (κ2) is 8.12. The van der Waals surface area contributed by atoms with Crippen LogP contribution >= 0.6 is 12.4 Å². The van der Waals surface area contributed by atoms with Crippen molar-refractivity contribution in [1.29, 1.82) is 0 Å². The molecule has 3 rings (SSSR count). The van der Waals surface area contributed by atoms with E-state index in [2.05, 4.69) is 10.1 Å². The highest BCUT2D eigenvalue weighted by Gasteiger charge is 2.36. The molecule has 4 nitrogen and oxygen atoms in total. The third kappa shape index (κ3) is 4.57. The van der Waals surface area contributed by atoms with Gasteiger partial charge in [-0.2, -0.15) is 8.78 Å². The van der Waals surface area contributed by atoms with Gasteiger partial charge in [-0.3, -0.25) is 4.79 Å². The Kier molecular flexibility index (Phi) is 6.40. The number of halogens is 3. The van der Waals surface area contributed by atoms with Gasteiger partial charge in [-0.1, -0.05) is 12.1 Å². The number of nitrogens with one attached hydrogen (secondary N) is 1. The molecule has 0 radical (unpaired) electrons. The van der Waals surface area contributed by atoms with Gasteiger partial charge in [-0.05, 0) is 43.4 Å². The molecule has 2 unspecified atom stereocenters. The van der Waals surface area contributed by atoms with E-state index in [0.717, 1.165) is 18.4 Å². The highest BCUT2D eigenvalue weighted by Crippen LogP contribution is 2.29. The van der Waals surface area contributed by atoms with Crippen molar-refractivity contribution in [2.75, 3.05) is 7.05 Å². The molecule has 2 aliphatic heterocycles. The maximum Gasteiger partial charge on any atom is 0.387 e. The molecular formula is C17H23ClF2N2O2. The highest BCUT2D eigenvalue weighted by molar-refractivity contribution is 5.85. The minimum absolute atomic E-state index is 0. The standard InChI is InChI=1S/C17H22F2N2O2.ClH/c1-21(14-9-12-4-5-13(10-14)20-12)16(22)8-11-2-6-15(7-3-11)23-17(18)19;/h2-3,6-7,12-14,17,20H,4-5,8-10H2,1H3;1H. The quantitative estimate of drug-likeness (QED) is 0.877. The van der Waals surface area contributed by atoms with Crippen LogP contribution in [0.15, 0.2) is 24.3 Å². The second-order valence-corrected chi connectivity index (χ2v) is 6.47. The minimum atomic E-state index is -2.83. The van der Waals surface area contributed by atoms with Crippen molar-refractivity contribution in [1.82, 2.24) is 10.2 Å². The van der Waals surface area contributed by atoms with E-state index in [1.165, 1.54) is 25.0 Å². The van der Waals surface area contributed by atoms with Crippen molar-refractivity contribution in [2.24, 2.45) is 0 Å². The number of likely N-dealkylation sites (N-methyl/N-ethyl adjacent to an activating group) is 1. The first-order valence-electron chi connectivity index (χ1n) is 8.06. The average Bonchev–Trinajstić information content (AvgIpc) is 2.86. The Balaban J connectivity index is 0.00000208. The normalized spacial score (nSPS) is 25.2. The van der Waals surface area contributed by atoms with Gasteiger partial charge in [0.1, 0.15) is 5.75 Å². The fourth-order valence-corrected chi connectivity index (χ4v) is 3.64. The lowest BCUT2D eigenvalue weighted by Gasteiger charge is -2.35. The average molecular weight is 361 g/mol. The summed E-state index contributed by atoms with van der Waals surface area (Å²) in [6.45, 7) is -2.83. The fourth-order valence-electron chi connectivity index (χ4n) is 3.64. The van der Waals surface area contributed by atoms with E-state index in [0.29, 0.717) is 18.1 Å². The number of hydrogen-bond donors (Lipinski definition) is 1. The summed E-state index contributed by atoms with van der Waals surface area (Å²) in [5, 5.41) is 3.57. The van der Waals surface area contributed by atoms with Crippen LogP contribution in [-0.4, -0.2) is 42.6 Å². The number of benzene rings is 1. The summed E-state index contributed by atoms with van der Waals surface area (Å²) in [6, 6.07) is 7.65. The zero-order valence-electron chi connectivity index (χ0n) is 13.6. The number of alkyl halides is 2. The van der Waals surface area contributed by atoms with Gasteiger partial charge >= 0.3 is 6.61 Å². The predicted molar refractivity (Wildman–Crippen MR) is 89.8 cm³/mol. The number of ether oxygens (including phenoxy) is 1. The molecule has 0 saturated carbocycles. The number of nitrogens with zero attached hydrogens (tertiary/aromatic N) is 1. The molecule has 2 saturated heterocycles. The lowest BCUT2D eigenvalue weighted by Crippen LogP contribution is -2.49. The van der Waals surface area contributed by atoms with Gasteiger partial charge in [0, 0.05) is 25.2 Å². The van der Waals surface area contributed by atoms with Crippen LogP contribution in [0.5, 0.6) is 5.75 Å². The first-order valence-corrected chi connectivity index (χ1v) is 8.06. The molecule has 0 aliphatic carbocycles. The number of rotatable bonds is 5. The maximum atomic E-state index is 12.5. The molecule has 2 heterocycles. The second-order valence-electron chi connectivity index (χ2n) is 6.47. The molecule has 24 heavy (non-hydrogen) atoms. The lowest BCUT2D eigenvalue weighted by atomic mass is 9.98. The van der Waals surface area contributed by atoms with Gasteiger partial charge in [0.05, 0.1) is 6.42 Å². The molecule has 2 bridgehead atoms. The van der Waals surface area contributed by atoms with E-state index in [1.54, 1.807) is 12.1 Å². The summed E-state index contributed by atoms with van der Waals surface area (Å²) >= 11 is 0. The molecule has 0 aromatic heterocycles. The molecule has 7 heteroatoms. The third-order valence-corrected chi connectivity index (χ3v) is 4.89. The molecule has 1 aromatic carbocycles. The Morgan fingerprint density at radius 3 is 2.38 bits per heavy atom. The van der Waals surface area contributed by atoms with Crippen molar-refractivity contribution >= 4 is 18.3 Å². The highest BCUT2D eigenvalue weighted by atomic mass is 35.5. The molecule has 134 valence electrons. The number of piperidine rings is 1. The summed E-state index contributed by atoms with van der Waals surface area (Å²) in [5.41, 5.74) is 0.806. The molecule has 2 aliphatic rings. The summed E-state index contributed by atoms with van der Waals surface area (Å²) < 4.78 is 28.6. The van der Waals surface area contributed by atoms with Crippen LogP contribution in [0.2, 0.25) is 0 Å². The largest absolute Gasteiger partial charge is 0.435 e. The van der Waals surface area contributed by atoms with Gasteiger partial charge in [-0.15, -0.1) is 12.4 Å². The van der Waals surface area contributed by atoms with Crippen molar-refractivity contribution in [3.8, 4) is 5.75 Å². The first kappa shape index (κ1) is 18.9. The van der Waals surface area contributed by atoms with Crippen molar-refractivity contribution in [3.05, 3.63) is 29.8 Å². The topological polar surface area (TPSA) is 41.6 Å². The Morgan fingerprint density at radius 1 is 1.25 bits per heavy atom. The molecule has 1 amide bonds. The number of amides is 1. The van der Waals surface area contributed by atoms with Gasteiger partial charge in [0.25, 0.3) is 0 Å². The first-order chi connectivity index (χ1) is 11.0. The van der Waals surface area contributed by atoms with Crippen LogP contribution in [0.3, 0.4) is 0 Å². The van der Waals surface area contributed by atoms with Crippen LogP contribution in [-0.2, 0) is 11.2 Å².